The first-order valence-corrected chi connectivity index (χ1v) is 9.91. The summed E-state index contributed by atoms with van der Waals surface area (Å²) in [6, 6.07) is 7.55. The molecule has 0 spiro atoms. The lowest BCUT2D eigenvalue weighted by atomic mass is 10.1. The molecular weight excluding hydrogens is 340 g/mol. The minimum atomic E-state index is -0.188. The summed E-state index contributed by atoms with van der Waals surface area (Å²) >= 11 is 0. The maximum absolute atomic E-state index is 12.6. The third-order valence-corrected chi connectivity index (χ3v) is 4.75. The van der Waals surface area contributed by atoms with Crippen LogP contribution in [0.3, 0.4) is 0 Å². The van der Waals surface area contributed by atoms with Gasteiger partial charge in [-0.25, -0.2) is 0 Å². The maximum Gasteiger partial charge on any atom is 0.264 e. The Bertz CT molecular complexity index is 685. The average Bonchev–Trinajstić information content (AvgIpc) is 2.72. The lowest BCUT2D eigenvalue weighted by molar-refractivity contribution is -0.127. The summed E-state index contributed by atoms with van der Waals surface area (Å²) in [6.07, 6.45) is 9.36. The van der Waals surface area contributed by atoms with Gasteiger partial charge in [-0.3, -0.25) is 4.79 Å². The Morgan fingerprint density at radius 3 is 2.63 bits per heavy atom. The van der Waals surface area contributed by atoms with Crippen LogP contribution in [0.25, 0.3) is 6.08 Å². The third-order valence-electron chi connectivity index (χ3n) is 4.75. The van der Waals surface area contributed by atoms with E-state index in [1.54, 1.807) is 18.1 Å². The van der Waals surface area contributed by atoms with Crippen molar-refractivity contribution in [1.82, 2.24) is 4.90 Å². The van der Waals surface area contributed by atoms with E-state index in [4.69, 9.17) is 9.47 Å². The van der Waals surface area contributed by atoms with Crippen molar-refractivity contribution in [3.63, 3.8) is 0 Å². The van der Waals surface area contributed by atoms with Crippen LogP contribution in [0.5, 0.6) is 11.5 Å². The molecule has 5 nitrogen and oxygen atoms in total. The number of carbonyl (C=O) groups is 1. The molecule has 146 valence electrons. The van der Waals surface area contributed by atoms with E-state index in [9.17, 15) is 10.1 Å². The van der Waals surface area contributed by atoms with Crippen LogP contribution in [0.1, 0.15) is 57.4 Å². The average molecular weight is 370 g/mol. The van der Waals surface area contributed by atoms with E-state index < -0.39 is 0 Å². The lowest BCUT2D eigenvalue weighted by Crippen LogP contribution is -2.36. The minimum absolute atomic E-state index is 0.159. The van der Waals surface area contributed by atoms with Gasteiger partial charge < -0.3 is 14.4 Å². The van der Waals surface area contributed by atoms with Gasteiger partial charge in [0.05, 0.1) is 13.7 Å². The molecule has 0 N–H and O–H groups in total. The molecule has 1 heterocycles. The van der Waals surface area contributed by atoms with Gasteiger partial charge in [0.15, 0.2) is 11.5 Å². The molecule has 0 aromatic heterocycles. The summed E-state index contributed by atoms with van der Waals surface area (Å²) in [4.78, 5) is 14.3. The quantitative estimate of drug-likeness (QED) is 0.363. The smallest absolute Gasteiger partial charge is 0.264 e. The van der Waals surface area contributed by atoms with Crippen molar-refractivity contribution in [3.8, 4) is 17.6 Å². The zero-order chi connectivity index (χ0) is 19.5. The Morgan fingerprint density at radius 2 is 1.96 bits per heavy atom. The van der Waals surface area contributed by atoms with Crippen molar-refractivity contribution < 1.29 is 14.3 Å². The fourth-order valence-corrected chi connectivity index (χ4v) is 3.18. The highest BCUT2D eigenvalue weighted by atomic mass is 16.5. The molecule has 1 aliphatic heterocycles. The van der Waals surface area contributed by atoms with Gasteiger partial charge in [0.25, 0.3) is 5.91 Å². The number of nitrogens with zero attached hydrogens (tertiary/aromatic N) is 2. The van der Waals surface area contributed by atoms with Crippen LogP contribution in [0.15, 0.2) is 23.8 Å². The second kappa shape index (κ2) is 11.3. The minimum Gasteiger partial charge on any atom is -0.493 e. The first-order valence-electron chi connectivity index (χ1n) is 9.91. The fraction of sp³-hybridized carbons (Fsp3) is 0.545. The molecule has 1 amide bonds. The molecule has 1 aromatic carbocycles. The fourth-order valence-electron chi connectivity index (χ4n) is 3.18. The maximum atomic E-state index is 12.6. The van der Waals surface area contributed by atoms with Crippen molar-refractivity contribution in [2.75, 3.05) is 26.8 Å². The zero-order valence-electron chi connectivity index (χ0n) is 16.5. The highest BCUT2D eigenvalue weighted by Crippen LogP contribution is 2.29. The van der Waals surface area contributed by atoms with Crippen LogP contribution < -0.4 is 9.47 Å². The summed E-state index contributed by atoms with van der Waals surface area (Å²) < 4.78 is 11.2. The predicted octanol–water partition coefficient (Wildman–Crippen LogP) is 4.57. The van der Waals surface area contributed by atoms with Crippen LogP contribution in [0.4, 0.5) is 0 Å². The number of rotatable bonds is 9. The van der Waals surface area contributed by atoms with E-state index in [1.165, 1.54) is 12.8 Å². The number of nitriles is 1. The van der Waals surface area contributed by atoms with E-state index in [0.717, 1.165) is 50.8 Å². The number of methoxy groups -OCH3 is 1. The van der Waals surface area contributed by atoms with Crippen molar-refractivity contribution in [1.29, 1.82) is 5.26 Å². The van der Waals surface area contributed by atoms with Crippen LogP contribution in [-0.2, 0) is 4.79 Å². The summed E-state index contributed by atoms with van der Waals surface area (Å²) in [7, 11) is 1.59. The van der Waals surface area contributed by atoms with Crippen LogP contribution >= 0.6 is 0 Å². The number of amides is 1. The Kier molecular flexibility index (Phi) is 8.70. The Morgan fingerprint density at radius 1 is 1.19 bits per heavy atom. The summed E-state index contributed by atoms with van der Waals surface area (Å²) in [5, 5.41) is 9.43. The highest BCUT2D eigenvalue weighted by Gasteiger charge is 2.20. The van der Waals surface area contributed by atoms with E-state index in [-0.39, 0.29) is 11.5 Å². The molecule has 0 unspecified atom stereocenters. The summed E-state index contributed by atoms with van der Waals surface area (Å²) in [5.74, 6) is 1.11. The molecule has 0 radical (unpaired) electrons. The number of ether oxygens (including phenoxy) is 2. The van der Waals surface area contributed by atoms with Crippen LogP contribution in [0.2, 0.25) is 0 Å². The molecular formula is C22H30N2O3. The molecule has 0 bridgehead atoms. The second-order valence-corrected chi connectivity index (χ2v) is 6.84. The molecule has 1 saturated heterocycles. The zero-order valence-corrected chi connectivity index (χ0v) is 16.5. The summed E-state index contributed by atoms with van der Waals surface area (Å²) in [5.41, 5.74) is 0.916. The van der Waals surface area contributed by atoms with Gasteiger partial charge in [-0.1, -0.05) is 32.3 Å². The van der Waals surface area contributed by atoms with Crippen LogP contribution in [-0.4, -0.2) is 37.6 Å². The van der Waals surface area contributed by atoms with Gasteiger partial charge in [-0.05, 0) is 49.5 Å². The van der Waals surface area contributed by atoms with Crippen molar-refractivity contribution in [2.45, 2.75) is 51.9 Å². The largest absolute Gasteiger partial charge is 0.493 e. The number of hydrogen-bond acceptors (Lipinski definition) is 4. The van der Waals surface area contributed by atoms with Crippen molar-refractivity contribution >= 4 is 12.0 Å². The molecule has 1 aliphatic rings. The van der Waals surface area contributed by atoms with Crippen molar-refractivity contribution in [2.24, 2.45) is 0 Å². The predicted molar refractivity (Wildman–Crippen MR) is 107 cm³/mol. The number of hydrogen-bond donors (Lipinski definition) is 0. The number of likely N-dealkylation sites (tertiary alicyclic amines) is 1. The Hall–Kier alpha value is -2.48. The second-order valence-electron chi connectivity index (χ2n) is 6.84. The molecule has 0 saturated carbocycles. The molecule has 0 aliphatic carbocycles. The molecule has 27 heavy (non-hydrogen) atoms. The summed E-state index contributed by atoms with van der Waals surface area (Å²) in [6.45, 7) is 4.29. The van der Waals surface area contributed by atoms with Gasteiger partial charge in [-0.2, -0.15) is 5.26 Å². The normalized spacial score (nSPS) is 14.6. The third kappa shape index (κ3) is 6.32. The van der Waals surface area contributed by atoms with Gasteiger partial charge in [0, 0.05) is 13.1 Å². The lowest BCUT2D eigenvalue weighted by Gasteiger charge is -2.26. The molecule has 1 fully saturated rings. The van der Waals surface area contributed by atoms with Gasteiger partial charge in [-0.15, -0.1) is 0 Å². The number of piperidine rings is 1. The van der Waals surface area contributed by atoms with Crippen LogP contribution in [0, 0.1) is 11.3 Å². The van der Waals surface area contributed by atoms with E-state index in [2.05, 4.69) is 13.0 Å². The Labute approximate surface area is 162 Å². The van der Waals surface area contributed by atoms with Gasteiger partial charge in [0.1, 0.15) is 11.6 Å². The van der Waals surface area contributed by atoms with Crippen molar-refractivity contribution in [3.05, 3.63) is 29.3 Å². The topological polar surface area (TPSA) is 62.6 Å². The number of unbranched alkanes of at least 4 members (excludes halogenated alkanes) is 3. The first kappa shape index (κ1) is 20.8. The van der Waals surface area contributed by atoms with Gasteiger partial charge >= 0.3 is 0 Å². The highest BCUT2D eigenvalue weighted by molar-refractivity contribution is 6.01. The van der Waals surface area contributed by atoms with Gasteiger partial charge in [0.2, 0.25) is 0 Å². The number of carbonyl (C=O) groups excluding carboxylic acids is 1. The Balaban J connectivity index is 2.06. The van der Waals surface area contributed by atoms with E-state index >= 15 is 0 Å². The molecule has 1 aromatic rings. The molecule has 0 atom stereocenters. The first-order chi connectivity index (χ1) is 13.2. The number of benzene rings is 1. The monoisotopic (exact) mass is 370 g/mol. The molecule has 2 rings (SSSR count). The molecule has 5 heteroatoms. The van der Waals surface area contributed by atoms with E-state index in [0.29, 0.717) is 18.1 Å². The standard InChI is InChI=1S/C22H30N2O3/c1-3-4-5-9-14-27-20-11-10-18(16-21(20)26-2)15-19(17-23)22(25)24-12-7-6-8-13-24/h10-11,15-16H,3-9,12-14H2,1-2H3/b19-15+. The SMILES string of the molecule is CCCCCCOc1ccc(/C=C(\C#N)C(=O)N2CCCCC2)cc1OC. The van der Waals surface area contributed by atoms with E-state index in [1.807, 2.05) is 18.2 Å².